The summed E-state index contributed by atoms with van der Waals surface area (Å²) in [5.41, 5.74) is 18.3. The molecule has 0 aromatic carbocycles. The second-order valence-electron chi connectivity index (χ2n) is 5.10. The van der Waals surface area contributed by atoms with E-state index in [2.05, 4.69) is 10.3 Å². The van der Waals surface area contributed by atoms with E-state index in [1.165, 1.54) is 0 Å². The Bertz CT molecular complexity index is 381. The molecule has 18 heavy (non-hydrogen) atoms. The molecule has 0 unspecified atom stereocenters. The Hall–Kier alpha value is -1.17. The molecule has 1 aromatic rings. The van der Waals surface area contributed by atoms with Gasteiger partial charge in [-0.3, -0.25) is 0 Å². The van der Waals surface area contributed by atoms with Crippen molar-refractivity contribution in [2.24, 2.45) is 17.4 Å². The van der Waals surface area contributed by atoms with Crippen molar-refractivity contribution in [2.75, 3.05) is 18.8 Å². The number of nitrogens with two attached hydrogens (primary N) is 3. The maximum Gasteiger partial charge on any atom is 0.123 e. The first kappa shape index (κ1) is 13.3. The molecular formula is C13H23N5. The standard InChI is InChI=1S/C13H23N5/c14-4-5-17-12-8-10(15)6-9(12)7-11-2-1-3-13(16)18-11/h1-3,9-10,12,17H,4-8,14-15H2,(H2,16,18)/t9-,10+,12-/m1/s1. The highest BCUT2D eigenvalue weighted by molar-refractivity contribution is 5.29. The number of anilines is 1. The Labute approximate surface area is 108 Å². The molecule has 5 nitrogen and oxygen atoms in total. The fourth-order valence-electron chi connectivity index (χ4n) is 2.79. The highest BCUT2D eigenvalue weighted by Gasteiger charge is 2.32. The van der Waals surface area contributed by atoms with Gasteiger partial charge in [-0.1, -0.05) is 6.07 Å². The number of nitrogens with one attached hydrogen (secondary N) is 1. The third kappa shape index (κ3) is 3.41. The van der Waals surface area contributed by atoms with Crippen LogP contribution < -0.4 is 22.5 Å². The molecule has 3 atom stereocenters. The van der Waals surface area contributed by atoms with Crippen molar-refractivity contribution in [2.45, 2.75) is 31.3 Å². The second-order valence-corrected chi connectivity index (χ2v) is 5.10. The molecule has 100 valence electrons. The van der Waals surface area contributed by atoms with E-state index in [0.29, 0.717) is 24.3 Å². The van der Waals surface area contributed by atoms with Crippen molar-refractivity contribution in [3.05, 3.63) is 23.9 Å². The van der Waals surface area contributed by atoms with E-state index in [1.54, 1.807) is 0 Å². The third-order valence-electron chi connectivity index (χ3n) is 3.58. The summed E-state index contributed by atoms with van der Waals surface area (Å²) >= 11 is 0. The van der Waals surface area contributed by atoms with Crippen molar-refractivity contribution < 1.29 is 0 Å². The summed E-state index contributed by atoms with van der Waals surface area (Å²) in [6.07, 6.45) is 2.99. The predicted molar refractivity (Wildman–Crippen MR) is 73.9 cm³/mol. The van der Waals surface area contributed by atoms with Gasteiger partial charge < -0.3 is 22.5 Å². The number of nitrogen functional groups attached to an aromatic ring is 1. The van der Waals surface area contributed by atoms with Gasteiger partial charge in [0.15, 0.2) is 0 Å². The summed E-state index contributed by atoms with van der Waals surface area (Å²) in [7, 11) is 0. The van der Waals surface area contributed by atoms with Crippen molar-refractivity contribution in [1.82, 2.24) is 10.3 Å². The average molecular weight is 249 g/mol. The largest absolute Gasteiger partial charge is 0.384 e. The van der Waals surface area contributed by atoms with E-state index in [-0.39, 0.29) is 6.04 Å². The number of aromatic nitrogens is 1. The van der Waals surface area contributed by atoms with Crippen LogP contribution in [0.3, 0.4) is 0 Å². The molecular weight excluding hydrogens is 226 g/mol. The lowest BCUT2D eigenvalue weighted by Crippen LogP contribution is -2.37. The zero-order valence-corrected chi connectivity index (χ0v) is 10.7. The van der Waals surface area contributed by atoms with Gasteiger partial charge in [0.1, 0.15) is 5.82 Å². The van der Waals surface area contributed by atoms with E-state index in [9.17, 15) is 0 Å². The van der Waals surface area contributed by atoms with E-state index < -0.39 is 0 Å². The van der Waals surface area contributed by atoms with E-state index in [1.807, 2.05) is 18.2 Å². The Morgan fingerprint density at radius 1 is 1.33 bits per heavy atom. The van der Waals surface area contributed by atoms with Crippen LogP contribution in [0.15, 0.2) is 18.2 Å². The lowest BCUT2D eigenvalue weighted by atomic mass is 9.97. The van der Waals surface area contributed by atoms with Crippen molar-refractivity contribution in [3.63, 3.8) is 0 Å². The smallest absolute Gasteiger partial charge is 0.123 e. The lowest BCUT2D eigenvalue weighted by molar-refractivity contribution is 0.400. The molecule has 0 radical (unpaired) electrons. The normalized spacial score (nSPS) is 27.6. The van der Waals surface area contributed by atoms with Crippen LogP contribution in [0.2, 0.25) is 0 Å². The first-order chi connectivity index (χ1) is 8.69. The van der Waals surface area contributed by atoms with Gasteiger partial charge in [0.05, 0.1) is 0 Å². The van der Waals surface area contributed by atoms with Crippen molar-refractivity contribution in [3.8, 4) is 0 Å². The first-order valence-electron chi connectivity index (χ1n) is 6.59. The van der Waals surface area contributed by atoms with Gasteiger partial charge in [-0.15, -0.1) is 0 Å². The summed E-state index contributed by atoms with van der Waals surface area (Å²) in [5, 5.41) is 3.48. The molecule has 1 aliphatic carbocycles. The zero-order valence-electron chi connectivity index (χ0n) is 10.7. The molecule has 0 aliphatic heterocycles. The van der Waals surface area contributed by atoms with Gasteiger partial charge in [0.25, 0.3) is 0 Å². The Kier molecular flexibility index (Phi) is 4.52. The molecule has 0 spiro atoms. The van der Waals surface area contributed by atoms with Crippen LogP contribution in [-0.4, -0.2) is 30.2 Å². The zero-order chi connectivity index (χ0) is 13.0. The maximum atomic E-state index is 6.05. The van der Waals surface area contributed by atoms with Crippen LogP contribution in [0.1, 0.15) is 18.5 Å². The van der Waals surface area contributed by atoms with Gasteiger partial charge in [-0.25, -0.2) is 4.98 Å². The lowest BCUT2D eigenvalue weighted by Gasteiger charge is -2.20. The minimum absolute atomic E-state index is 0.284. The van der Waals surface area contributed by atoms with Gasteiger partial charge in [-0.2, -0.15) is 0 Å². The molecule has 1 aliphatic rings. The summed E-state index contributed by atoms with van der Waals surface area (Å²) < 4.78 is 0. The van der Waals surface area contributed by atoms with Gasteiger partial charge >= 0.3 is 0 Å². The number of rotatable bonds is 5. The number of pyridine rings is 1. The fourth-order valence-corrected chi connectivity index (χ4v) is 2.79. The molecule has 0 saturated heterocycles. The quantitative estimate of drug-likeness (QED) is 0.581. The molecule has 1 fully saturated rings. The van der Waals surface area contributed by atoms with Crippen molar-refractivity contribution >= 4 is 5.82 Å². The fraction of sp³-hybridized carbons (Fsp3) is 0.615. The molecule has 0 bridgehead atoms. The van der Waals surface area contributed by atoms with Gasteiger partial charge in [-0.05, 0) is 37.3 Å². The van der Waals surface area contributed by atoms with Crippen LogP contribution in [0.4, 0.5) is 5.82 Å². The van der Waals surface area contributed by atoms with Crippen LogP contribution >= 0.6 is 0 Å². The molecule has 1 saturated carbocycles. The topological polar surface area (TPSA) is 103 Å². The van der Waals surface area contributed by atoms with E-state index in [4.69, 9.17) is 17.2 Å². The summed E-state index contributed by atoms with van der Waals surface area (Å²) in [4.78, 5) is 4.36. The Morgan fingerprint density at radius 2 is 2.17 bits per heavy atom. The average Bonchev–Trinajstić information content (AvgIpc) is 2.67. The minimum atomic E-state index is 0.284. The molecule has 1 aromatic heterocycles. The maximum absolute atomic E-state index is 6.05. The number of hydrogen-bond acceptors (Lipinski definition) is 5. The Morgan fingerprint density at radius 3 is 2.89 bits per heavy atom. The second kappa shape index (κ2) is 6.13. The number of hydrogen-bond donors (Lipinski definition) is 4. The minimum Gasteiger partial charge on any atom is -0.384 e. The van der Waals surface area contributed by atoms with Gasteiger partial charge in [0.2, 0.25) is 0 Å². The molecule has 7 N–H and O–H groups in total. The van der Waals surface area contributed by atoms with Crippen LogP contribution in [-0.2, 0) is 6.42 Å². The highest BCUT2D eigenvalue weighted by Crippen LogP contribution is 2.27. The van der Waals surface area contributed by atoms with Crippen LogP contribution in [0.5, 0.6) is 0 Å². The van der Waals surface area contributed by atoms with E-state index in [0.717, 1.165) is 31.5 Å². The molecule has 0 amide bonds. The SMILES string of the molecule is NCCN[C@@H]1C[C@@H](N)C[C@@H]1Cc1cccc(N)n1. The van der Waals surface area contributed by atoms with E-state index >= 15 is 0 Å². The van der Waals surface area contributed by atoms with Gasteiger partial charge in [0, 0.05) is 30.9 Å². The summed E-state index contributed by atoms with van der Waals surface area (Å²) in [6, 6.07) is 6.53. The molecule has 2 rings (SSSR count). The predicted octanol–water partition coefficient (Wildman–Crippen LogP) is -0.139. The monoisotopic (exact) mass is 249 g/mol. The highest BCUT2D eigenvalue weighted by atomic mass is 15.0. The third-order valence-corrected chi connectivity index (χ3v) is 3.58. The molecule has 1 heterocycles. The Balaban J connectivity index is 1.98. The molecule has 5 heteroatoms. The van der Waals surface area contributed by atoms with Crippen LogP contribution in [0, 0.1) is 5.92 Å². The number of nitrogens with zero attached hydrogens (tertiary/aromatic N) is 1. The van der Waals surface area contributed by atoms with Crippen LogP contribution in [0.25, 0.3) is 0 Å². The summed E-state index contributed by atoms with van der Waals surface area (Å²) in [5.74, 6) is 1.11. The summed E-state index contributed by atoms with van der Waals surface area (Å²) in [6.45, 7) is 1.51. The first-order valence-corrected chi connectivity index (χ1v) is 6.59. The van der Waals surface area contributed by atoms with Crippen molar-refractivity contribution in [1.29, 1.82) is 0 Å².